The fourth-order valence-corrected chi connectivity index (χ4v) is 7.10. The minimum absolute atomic E-state index is 0.0458. The van der Waals surface area contributed by atoms with Crippen molar-refractivity contribution in [3.63, 3.8) is 0 Å². The van der Waals surface area contributed by atoms with Crippen molar-refractivity contribution < 1.29 is 23.5 Å². The number of ether oxygens (including phenoxy) is 2. The van der Waals surface area contributed by atoms with Crippen molar-refractivity contribution in [2.24, 2.45) is 5.41 Å². The molecule has 0 atom stereocenters. The van der Waals surface area contributed by atoms with Gasteiger partial charge in [-0.05, 0) is 64.3 Å². The maximum Gasteiger partial charge on any atom is 0.314 e. The SMILES string of the molecule is CCN(C(=O)c1cc(F)ccc1Oc1cncnc1N1CC2(CC(Oc3ccnc4c3CN(CCCNC(=O)NC)CC4)C2)C1)C(C)C. The number of hydrogen-bond donors (Lipinski definition) is 2. The van der Waals surface area contributed by atoms with E-state index in [9.17, 15) is 14.0 Å². The van der Waals surface area contributed by atoms with Crippen LogP contribution in [0.2, 0.25) is 0 Å². The van der Waals surface area contributed by atoms with Crippen molar-refractivity contribution in [2.45, 2.75) is 65.1 Å². The van der Waals surface area contributed by atoms with Gasteiger partial charge in [-0.1, -0.05) is 0 Å². The van der Waals surface area contributed by atoms with E-state index in [1.165, 1.54) is 24.5 Å². The Morgan fingerprint density at radius 3 is 2.71 bits per heavy atom. The van der Waals surface area contributed by atoms with E-state index in [2.05, 4.69) is 35.4 Å². The number of pyridine rings is 1. The number of carbonyl (C=O) groups excluding carboxylic acids is 2. The summed E-state index contributed by atoms with van der Waals surface area (Å²) in [5.41, 5.74) is 2.57. The van der Waals surface area contributed by atoms with Crippen molar-refractivity contribution in [2.75, 3.05) is 51.2 Å². The monoisotopic (exact) mass is 660 g/mol. The molecule has 256 valence electrons. The van der Waals surface area contributed by atoms with Crippen LogP contribution in [0.4, 0.5) is 15.0 Å². The van der Waals surface area contributed by atoms with Gasteiger partial charge < -0.3 is 29.9 Å². The first-order valence-electron chi connectivity index (χ1n) is 16.8. The number of halogens is 1. The Bertz CT molecular complexity index is 1620. The third kappa shape index (κ3) is 7.15. The molecule has 3 amide bonds. The van der Waals surface area contributed by atoms with E-state index < -0.39 is 5.82 Å². The third-order valence-corrected chi connectivity index (χ3v) is 9.56. The van der Waals surface area contributed by atoms with Crippen LogP contribution >= 0.6 is 0 Å². The second kappa shape index (κ2) is 14.3. The van der Waals surface area contributed by atoms with Gasteiger partial charge >= 0.3 is 6.03 Å². The number of anilines is 1. The number of fused-ring (bicyclic) bond motifs is 1. The van der Waals surface area contributed by atoms with Crippen LogP contribution in [0.1, 0.15) is 61.6 Å². The highest BCUT2D eigenvalue weighted by atomic mass is 19.1. The van der Waals surface area contributed by atoms with Crippen molar-refractivity contribution in [1.82, 2.24) is 35.4 Å². The van der Waals surface area contributed by atoms with Crippen LogP contribution < -0.4 is 25.0 Å². The minimum atomic E-state index is -0.502. The topological polar surface area (TPSA) is 125 Å². The molecule has 3 aliphatic rings. The fraction of sp³-hybridized carbons (Fsp3) is 0.514. The number of nitrogens with one attached hydrogen (secondary N) is 2. The Hall–Kier alpha value is -4.52. The number of aromatic nitrogens is 3. The summed E-state index contributed by atoms with van der Waals surface area (Å²) in [4.78, 5) is 44.3. The lowest BCUT2D eigenvalue weighted by atomic mass is 9.61. The van der Waals surface area contributed by atoms with E-state index in [-0.39, 0.29) is 40.8 Å². The molecule has 1 aromatic carbocycles. The summed E-state index contributed by atoms with van der Waals surface area (Å²) in [5, 5.41) is 5.43. The number of benzene rings is 1. The third-order valence-electron chi connectivity index (χ3n) is 9.56. The maximum atomic E-state index is 14.3. The molecule has 1 spiro atoms. The molecule has 0 bridgehead atoms. The lowest BCUT2D eigenvalue weighted by Crippen LogP contribution is -2.65. The standard InChI is InChI=1S/C35H45FN8O4/c1-5-44(23(2)3)33(45)26-15-24(36)7-8-29(26)48-31-18-38-22-41-32(31)43-20-35(21-43)16-25(17-35)47-30-9-12-39-28-10-14-42(19-27(28)30)13-6-11-40-34(46)37-4/h7-9,12,15,18,22-23,25H,5-6,10-11,13-14,16-17,19-21H2,1-4H3,(H2,37,40,46). The second-order valence-electron chi connectivity index (χ2n) is 13.3. The van der Waals surface area contributed by atoms with Gasteiger partial charge in [-0.2, -0.15) is 0 Å². The molecule has 0 unspecified atom stereocenters. The predicted octanol–water partition coefficient (Wildman–Crippen LogP) is 4.40. The molecular weight excluding hydrogens is 615 g/mol. The summed E-state index contributed by atoms with van der Waals surface area (Å²) in [5.74, 6) is 1.46. The van der Waals surface area contributed by atoms with E-state index in [0.29, 0.717) is 24.7 Å². The highest BCUT2D eigenvalue weighted by molar-refractivity contribution is 5.97. The number of urea groups is 1. The van der Waals surface area contributed by atoms with Crippen LogP contribution in [0.5, 0.6) is 17.2 Å². The molecule has 48 heavy (non-hydrogen) atoms. The van der Waals surface area contributed by atoms with Crippen molar-refractivity contribution >= 4 is 17.8 Å². The first-order chi connectivity index (χ1) is 23.2. The zero-order chi connectivity index (χ0) is 33.8. The molecule has 2 fully saturated rings. The van der Waals surface area contributed by atoms with Crippen molar-refractivity contribution in [3.8, 4) is 17.2 Å². The number of nitrogens with zero attached hydrogens (tertiary/aromatic N) is 6. The Kier molecular flexibility index (Phi) is 9.95. The number of hydrogen-bond acceptors (Lipinski definition) is 9. The summed E-state index contributed by atoms with van der Waals surface area (Å²) in [6, 6.07) is 5.78. The molecule has 0 radical (unpaired) electrons. The Morgan fingerprint density at radius 1 is 1.15 bits per heavy atom. The maximum absolute atomic E-state index is 14.3. The summed E-state index contributed by atoms with van der Waals surface area (Å²) >= 11 is 0. The molecule has 4 heterocycles. The van der Waals surface area contributed by atoms with E-state index in [0.717, 1.165) is 75.4 Å². The normalized spacial score (nSPS) is 16.9. The van der Waals surface area contributed by atoms with E-state index in [1.54, 1.807) is 18.1 Å². The lowest BCUT2D eigenvalue weighted by molar-refractivity contribution is -0.0352. The van der Waals surface area contributed by atoms with Gasteiger partial charge in [-0.15, -0.1) is 0 Å². The van der Waals surface area contributed by atoms with Crippen LogP contribution in [-0.2, 0) is 13.0 Å². The summed E-state index contributed by atoms with van der Waals surface area (Å²) < 4.78 is 27.1. The molecule has 13 heteroatoms. The average Bonchev–Trinajstić information content (AvgIpc) is 3.04. The first-order valence-corrected chi connectivity index (χ1v) is 16.8. The zero-order valence-electron chi connectivity index (χ0n) is 28.2. The second-order valence-corrected chi connectivity index (χ2v) is 13.3. The Morgan fingerprint density at radius 2 is 1.96 bits per heavy atom. The molecule has 1 saturated heterocycles. The summed E-state index contributed by atoms with van der Waals surface area (Å²) in [7, 11) is 1.62. The van der Waals surface area contributed by atoms with Crippen LogP contribution in [0.3, 0.4) is 0 Å². The van der Waals surface area contributed by atoms with Crippen molar-refractivity contribution in [3.05, 3.63) is 65.6 Å². The molecule has 1 saturated carbocycles. The highest BCUT2D eigenvalue weighted by Gasteiger charge is 2.54. The molecule has 1 aliphatic carbocycles. The molecule has 6 rings (SSSR count). The molecule has 2 aromatic heterocycles. The van der Waals surface area contributed by atoms with Crippen LogP contribution in [-0.4, -0.2) is 95.2 Å². The van der Waals surface area contributed by atoms with E-state index in [1.807, 2.05) is 33.0 Å². The minimum Gasteiger partial charge on any atom is -0.490 e. The quantitative estimate of drug-likeness (QED) is 0.272. The van der Waals surface area contributed by atoms with Crippen molar-refractivity contribution in [1.29, 1.82) is 0 Å². The highest BCUT2D eigenvalue weighted by Crippen LogP contribution is 2.52. The average molecular weight is 661 g/mol. The Labute approximate surface area is 281 Å². The first kappa shape index (κ1) is 33.4. The molecule has 3 aromatic rings. The largest absolute Gasteiger partial charge is 0.490 e. The molecular formula is C35H45FN8O4. The molecule has 2 N–H and O–H groups in total. The molecule has 2 aliphatic heterocycles. The number of amides is 3. The Balaban J connectivity index is 1.05. The summed E-state index contributed by atoms with van der Waals surface area (Å²) in [6.07, 6.45) is 8.68. The van der Waals surface area contributed by atoms with Crippen LogP contribution in [0, 0.1) is 11.2 Å². The van der Waals surface area contributed by atoms with Gasteiger partial charge in [0.25, 0.3) is 5.91 Å². The fourth-order valence-electron chi connectivity index (χ4n) is 7.10. The van der Waals surface area contributed by atoms with E-state index in [4.69, 9.17) is 9.47 Å². The van der Waals surface area contributed by atoms with Gasteiger partial charge in [-0.25, -0.2) is 19.2 Å². The van der Waals surface area contributed by atoms with E-state index >= 15 is 0 Å². The van der Waals surface area contributed by atoms with Gasteiger partial charge in [0.15, 0.2) is 11.6 Å². The smallest absolute Gasteiger partial charge is 0.314 e. The predicted molar refractivity (Wildman–Crippen MR) is 179 cm³/mol. The number of rotatable bonds is 12. The zero-order valence-corrected chi connectivity index (χ0v) is 28.2. The van der Waals surface area contributed by atoms with Gasteiger partial charge in [0, 0.05) is 88.2 Å². The van der Waals surface area contributed by atoms with Gasteiger partial charge in [0.1, 0.15) is 29.7 Å². The summed E-state index contributed by atoms with van der Waals surface area (Å²) in [6.45, 7) is 11.1. The lowest BCUT2D eigenvalue weighted by Gasteiger charge is -2.59. The van der Waals surface area contributed by atoms with Gasteiger partial charge in [0.2, 0.25) is 0 Å². The molecule has 12 nitrogen and oxygen atoms in total. The number of carbonyl (C=O) groups is 2. The van der Waals surface area contributed by atoms with Crippen LogP contribution in [0.15, 0.2) is 43.0 Å². The van der Waals surface area contributed by atoms with Crippen LogP contribution in [0.25, 0.3) is 0 Å². The van der Waals surface area contributed by atoms with Gasteiger partial charge in [0.05, 0.1) is 11.8 Å². The van der Waals surface area contributed by atoms with Gasteiger partial charge in [-0.3, -0.25) is 14.7 Å².